The molecule has 162 valence electrons. The van der Waals surface area contributed by atoms with Crippen LogP contribution in [0.25, 0.3) is 0 Å². The maximum atomic E-state index is 12.3. The summed E-state index contributed by atoms with van der Waals surface area (Å²) < 4.78 is 11.5. The molecule has 0 spiro atoms. The summed E-state index contributed by atoms with van der Waals surface area (Å²) >= 11 is 6.26. The number of ether oxygens (including phenoxy) is 2. The average Bonchev–Trinajstić information content (AvgIpc) is 3.00. The Morgan fingerprint density at radius 2 is 2.14 bits per heavy atom. The molecule has 0 saturated carbocycles. The Bertz CT molecular complexity index is 697. The van der Waals surface area contributed by atoms with Crippen LogP contribution in [-0.4, -0.2) is 57.8 Å². The predicted molar refractivity (Wildman–Crippen MR) is 107 cm³/mol. The van der Waals surface area contributed by atoms with Crippen molar-refractivity contribution in [2.75, 3.05) is 0 Å². The molecule has 0 aliphatic carbocycles. The molecule has 0 aromatic carbocycles. The molecule has 0 unspecified atom stereocenters. The highest BCUT2D eigenvalue weighted by Crippen LogP contribution is 2.31. The van der Waals surface area contributed by atoms with Gasteiger partial charge in [-0.05, 0) is 38.7 Å². The molecule has 3 N–H and O–H groups in total. The maximum Gasteiger partial charge on any atom is 0.309 e. The topological polar surface area (TPSA) is 113 Å². The third-order valence-corrected chi connectivity index (χ3v) is 5.43. The second kappa shape index (κ2) is 10.9. The van der Waals surface area contributed by atoms with Crippen LogP contribution in [0.15, 0.2) is 34.4 Å². The van der Waals surface area contributed by atoms with Gasteiger partial charge in [0.05, 0.1) is 25.0 Å². The summed E-state index contributed by atoms with van der Waals surface area (Å²) in [6, 6.07) is 0. The number of carboxylic acids is 1. The van der Waals surface area contributed by atoms with Crippen molar-refractivity contribution in [2.24, 2.45) is 0 Å². The Morgan fingerprint density at radius 3 is 2.83 bits per heavy atom. The standard InChI is InChI=1S/C21H29ClO7/c1-12(9-19(25)26)8-17(24)21-18-10-15(28-21)7-6-14(22)5-3-4-13(2)16(23)11-20(27)29-18/h4-5,8,15-18,21,23-24H,3,6-7,9-11H2,1-2H3,(H,25,26)/b12-8+,13-4-,14-5+/t15-,16-,17+,18-,21-/m0/s1. The second-order valence-corrected chi connectivity index (χ2v) is 8.14. The highest BCUT2D eigenvalue weighted by molar-refractivity contribution is 6.29. The van der Waals surface area contributed by atoms with Crippen LogP contribution in [0.5, 0.6) is 0 Å². The van der Waals surface area contributed by atoms with Crippen molar-refractivity contribution in [1.29, 1.82) is 0 Å². The zero-order chi connectivity index (χ0) is 21.6. The van der Waals surface area contributed by atoms with Crippen LogP contribution in [-0.2, 0) is 19.1 Å². The van der Waals surface area contributed by atoms with Gasteiger partial charge < -0.3 is 24.8 Å². The lowest BCUT2D eigenvalue weighted by Crippen LogP contribution is -2.37. The first-order chi connectivity index (χ1) is 13.7. The first-order valence-electron chi connectivity index (χ1n) is 9.77. The first kappa shape index (κ1) is 23.6. The van der Waals surface area contributed by atoms with E-state index in [2.05, 4.69) is 0 Å². The number of hydrogen-bond donors (Lipinski definition) is 3. The Kier molecular flexibility index (Phi) is 8.89. The van der Waals surface area contributed by atoms with Crippen LogP contribution in [0.3, 0.4) is 0 Å². The minimum absolute atomic E-state index is 0.197. The minimum Gasteiger partial charge on any atom is -0.481 e. The fourth-order valence-electron chi connectivity index (χ4n) is 3.49. The summed E-state index contributed by atoms with van der Waals surface area (Å²) in [6.45, 7) is 3.35. The van der Waals surface area contributed by atoms with E-state index in [1.54, 1.807) is 13.8 Å². The lowest BCUT2D eigenvalue weighted by molar-refractivity contribution is -0.156. The molecular formula is C21H29ClO7. The Morgan fingerprint density at radius 1 is 1.41 bits per heavy atom. The third kappa shape index (κ3) is 7.59. The van der Waals surface area contributed by atoms with E-state index in [9.17, 15) is 19.8 Å². The van der Waals surface area contributed by atoms with E-state index in [-0.39, 0.29) is 18.9 Å². The molecule has 29 heavy (non-hydrogen) atoms. The van der Waals surface area contributed by atoms with Crippen LogP contribution in [0.1, 0.15) is 52.4 Å². The molecule has 2 aliphatic rings. The molecule has 7 nitrogen and oxygen atoms in total. The van der Waals surface area contributed by atoms with Crippen LogP contribution >= 0.6 is 11.6 Å². The summed E-state index contributed by atoms with van der Waals surface area (Å²) in [7, 11) is 0. The number of aliphatic hydroxyl groups is 2. The van der Waals surface area contributed by atoms with E-state index >= 15 is 0 Å². The Labute approximate surface area is 175 Å². The highest BCUT2D eigenvalue weighted by Gasteiger charge is 2.41. The van der Waals surface area contributed by atoms with Gasteiger partial charge in [0.2, 0.25) is 0 Å². The molecule has 0 radical (unpaired) electrons. The van der Waals surface area contributed by atoms with Crippen molar-refractivity contribution in [2.45, 2.75) is 82.9 Å². The quantitative estimate of drug-likeness (QED) is 0.466. The molecule has 1 saturated heterocycles. The summed E-state index contributed by atoms with van der Waals surface area (Å²) in [5, 5.41) is 30.3. The highest BCUT2D eigenvalue weighted by atomic mass is 35.5. The molecule has 0 amide bonds. The smallest absolute Gasteiger partial charge is 0.309 e. The van der Waals surface area contributed by atoms with Crippen LogP contribution in [0.2, 0.25) is 0 Å². The number of aliphatic carboxylic acids is 1. The zero-order valence-corrected chi connectivity index (χ0v) is 17.5. The largest absolute Gasteiger partial charge is 0.481 e. The summed E-state index contributed by atoms with van der Waals surface area (Å²) in [5.41, 5.74) is 1.14. The molecule has 2 heterocycles. The molecule has 0 aromatic rings. The van der Waals surface area contributed by atoms with Gasteiger partial charge in [0.15, 0.2) is 0 Å². The molecule has 2 bridgehead atoms. The Hall–Kier alpha value is -1.67. The van der Waals surface area contributed by atoms with Crippen molar-refractivity contribution >= 4 is 23.5 Å². The van der Waals surface area contributed by atoms with Gasteiger partial charge in [-0.2, -0.15) is 0 Å². The number of esters is 1. The molecule has 2 rings (SSSR count). The summed E-state index contributed by atoms with van der Waals surface area (Å²) in [6.07, 6.45) is 3.00. The van der Waals surface area contributed by atoms with Gasteiger partial charge in [-0.3, -0.25) is 9.59 Å². The number of hydrogen-bond acceptors (Lipinski definition) is 6. The lowest BCUT2D eigenvalue weighted by atomic mass is 10.0. The predicted octanol–water partition coefficient (Wildman–Crippen LogP) is 2.84. The van der Waals surface area contributed by atoms with Gasteiger partial charge in [-0.15, -0.1) is 0 Å². The SMILES string of the molecule is C/C1=C/C/C=C(/Cl)CC[C@H]2C[C@H](OC(=O)C[C@@H]1O)[C@H]([C@H](O)/C=C(\C)CC(=O)O)O2. The third-order valence-electron chi connectivity index (χ3n) is 5.09. The molecular weight excluding hydrogens is 400 g/mol. The van der Waals surface area contributed by atoms with Gasteiger partial charge in [0, 0.05) is 11.5 Å². The van der Waals surface area contributed by atoms with Crippen molar-refractivity contribution in [3.05, 3.63) is 34.4 Å². The van der Waals surface area contributed by atoms with Crippen molar-refractivity contribution < 1.29 is 34.4 Å². The van der Waals surface area contributed by atoms with Crippen LogP contribution in [0, 0.1) is 0 Å². The number of rotatable bonds is 4. The van der Waals surface area contributed by atoms with E-state index in [0.29, 0.717) is 41.9 Å². The monoisotopic (exact) mass is 428 g/mol. The average molecular weight is 429 g/mol. The summed E-state index contributed by atoms with van der Waals surface area (Å²) in [5.74, 6) is -1.57. The number of aliphatic hydroxyl groups excluding tert-OH is 2. The lowest BCUT2D eigenvalue weighted by Gasteiger charge is -2.23. The van der Waals surface area contributed by atoms with E-state index in [1.807, 2.05) is 12.2 Å². The van der Waals surface area contributed by atoms with E-state index in [4.69, 9.17) is 26.2 Å². The number of halogens is 1. The summed E-state index contributed by atoms with van der Waals surface area (Å²) in [4.78, 5) is 23.2. The minimum atomic E-state index is -1.12. The normalized spacial score (nSPS) is 34.2. The number of allylic oxidation sites excluding steroid dienone is 3. The molecule has 8 heteroatoms. The van der Waals surface area contributed by atoms with E-state index in [0.717, 1.165) is 0 Å². The Balaban J connectivity index is 2.19. The van der Waals surface area contributed by atoms with Gasteiger partial charge >= 0.3 is 11.9 Å². The van der Waals surface area contributed by atoms with Gasteiger partial charge in [0.1, 0.15) is 18.3 Å². The second-order valence-electron chi connectivity index (χ2n) is 7.65. The fourth-order valence-corrected chi connectivity index (χ4v) is 3.69. The fraction of sp³-hybridized carbons (Fsp3) is 0.619. The zero-order valence-electron chi connectivity index (χ0n) is 16.7. The maximum absolute atomic E-state index is 12.3. The van der Waals surface area contributed by atoms with Gasteiger partial charge in [-0.25, -0.2) is 0 Å². The molecule has 5 atom stereocenters. The number of carbonyl (C=O) groups excluding carboxylic acids is 1. The van der Waals surface area contributed by atoms with E-state index < -0.39 is 36.4 Å². The van der Waals surface area contributed by atoms with Crippen LogP contribution in [0.4, 0.5) is 0 Å². The van der Waals surface area contributed by atoms with E-state index in [1.165, 1.54) is 6.08 Å². The molecule has 1 fully saturated rings. The number of carboxylic acid groups (broad SMARTS) is 1. The van der Waals surface area contributed by atoms with Crippen LogP contribution < -0.4 is 0 Å². The first-order valence-corrected chi connectivity index (χ1v) is 10.1. The van der Waals surface area contributed by atoms with Gasteiger partial charge in [-0.1, -0.05) is 35.4 Å². The van der Waals surface area contributed by atoms with Crippen molar-refractivity contribution in [1.82, 2.24) is 0 Å². The van der Waals surface area contributed by atoms with Gasteiger partial charge in [0.25, 0.3) is 0 Å². The van der Waals surface area contributed by atoms with Crippen molar-refractivity contribution in [3.8, 4) is 0 Å². The molecule has 2 aliphatic heterocycles. The van der Waals surface area contributed by atoms with Crippen molar-refractivity contribution in [3.63, 3.8) is 0 Å². The molecule has 0 aromatic heterocycles. The number of fused-ring (bicyclic) bond motifs is 2. The number of carbonyl (C=O) groups is 2.